The zero-order chi connectivity index (χ0) is 11.5. The van der Waals surface area contributed by atoms with Gasteiger partial charge in [0.2, 0.25) is 0 Å². The third kappa shape index (κ3) is 4.04. The van der Waals surface area contributed by atoms with Gasteiger partial charge in [-0.2, -0.15) is 0 Å². The Morgan fingerprint density at radius 2 is 2.13 bits per heavy atom. The predicted octanol–water partition coefficient (Wildman–Crippen LogP) is 2.22. The minimum atomic E-state index is 0.260. The minimum Gasteiger partial charge on any atom is -0.335 e. The van der Waals surface area contributed by atoms with Crippen LogP contribution in [0.3, 0.4) is 0 Å². The molecule has 15 heavy (non-hydrogen) atoms. The van der Waals surface area contributed by atoms with Crippen molar-refractivity contribution in [2.45, 2.75) is 47.2 Å². The van der Waals surface area contributed by atoms with E-state index in [9.17, 15) is 0 Å². The molecule has 0 atom stereocenters. The number of hydrogen-bond donors (Lipinski definition) is 1. The lowest BCUT2D eigenvalue weighted by Crippen LogP contribution is -2.36. The van der Waals surface area contributed by atoms with Crippen LogP contribution in [0, 0.1) is 12.3 Å². The SMILES string of the molecule is Cc1nccn1CC(C)(C)CNC(C)C. The fraction of sp³-hybridized carbons (Fsp3) is 0.750. The summed E-state index contributed by atoms with van der Waals surface area (Å²) in [5.74, 6) is 1.09. The van der Waals surface area contributed by atoms with Gasteiger partial charge in [0.1, 0.15) is 5.82 Å². The van der Waals surface area contributed by atoms with Crippen LogP contribution < -0.4 is 5.32 Å². The van der Waals surface area contributed by atoms with E-state index in [4.69, 9.17) is 0 Å². The molecule has 1 rings (SSSR count). The van der Waals surface area contributed by atoms with E-state index in [0.717, 1.165) is 18.9 Å². The third-order valence-corrected chi connectivity index (χ3v) is 2.51. The first kappa shape index (κ1) is 12.2. The van der Waals surface area contributed by atoms with E-state index in [2.05, 4.69) is 42.6 Å². The largest absolute Gasteiger partial charge is 0.335 e. The van der Waals surface area contributed by atoms with Gasteiger partial charge in [0.25, 0.3) is 0 Å². The van der Waals surface area contributed by atoms with Crippen molar-refractivity contribution in [2.24, 2.45) is 5.41 Å². The summed E-state index contributed by atoms with van der Waals surface area (Å²) in [7, 11) is 0. The van der Waals surface area contributed by atoms with Crippen LogP contribution in [-0.4, -0.2) is 22.1 Å². The second kappa shape index (κ2) is 4.79. The number of rotatable bonds is 5. The molecule has 0 amide bonds. The Morgan fingerprint density at radius 1 is 1.47 bits per heavy atom. The summed E-state index contributed by atoms with van der Waals surface area (Å²) in [5, 5.41) is 3.48. The molecule has 86 valence electrons. The van der Waals surface area contributed by atoms with Gasteiger partial charge in [0.15, 0.2) is 0 Å². The molecule has 1 aromatic rings. The molecule has 0 saturated carbocycles. The number of nitrogens with one attached hydrogen (secondary N) is 1. The molecule has 1 aromatic heterocycles. The van der Waals surface area contributed by atoms with Crippen molar-refractivity contribution in [3.05, 3.63) is 18.2 Å². The second-order valence-corrected chi connectivity index (χ2v) is 5.30. The zero-order valence-corrected chi connectivity index (χ0v) is 10.5. The maximum absolute atomic E-state index is 4.24. The first-order valence-corrected chi connectivity index (χ1v) is 5.62. The molecular formula is C12H23N3. The Labute approximate surface area is 92.9 Å². The summed E-state index contributed by atoms with van der Waals surface area (Å²) < 4.78 is 2.21. The average molecular weight is 209 g/mol. The van der Waals surface area contributed by atoms with Gasteiger partial charge in [-0.1, -0.05) is 27.7 Å². The fourth-order valence-corrected chi connectivity index (χ4v) is 1.57. The monoisotopic (exact) mass is 209 g/mol. The molecule has 0 aromatic carbocycles. The van der Waals surface area contributed by atoms with Crippen LogP contribution in [0.15, 0.2) is 12.4 Å². The number of nitrogens with zero attached hydrogens (tertiary/aromatic N) is 2. The summed E-state index contributed by atoms with van der Waals surface area (Å²) in [5.41, 5.74) is 0.260. The van der Waals surface area contributed by atoms with E-state index in [-0.39, 0.29) is 5.41 Å². The van der Waals surface area contributed by atoms with Gasteiger partial charge in [0.05, 0.1) is 0 Å². The highest BCUT2D eigenvalue weighted by Crippen LogP contribution is 2.17. The highest BCUT2D eigenvalue weighted by atomic mass is 15.1. The molecule has 0 bridgehead atoms. The van der Waals surface area contributed by atoms with Crippen molar-refractivity contribution >= 4 is 0 Å². The van der Waals surface area contributed by atoms with Gasteiger partial charge < -0.3 is 9.88 Å². The van der Waals surface area contributed by atoms with Crippen LogP contribution >= 0.6 is 0 Å². The van der Waals surface area contributed by atoms with Crippen LogP contribution in [0.4, 0.5) is 0 Å². The Balaban J connectivity index is 2.52. The van der Waals surface area contributed by atoms with Crippen LogP contribution in [0.5, 0.6) is 0 Å². The van der Waals surface area contributed by atoms with Gasteiger partial charge in [-0.15, -0.1) is 0 Å². The van der Waals surface area contributed by atoms with Gasteiger partial charge >= 0.3 is 0 Å². The first-order valence-electron chi connectivity index (χ1n) is 5.62. The maximum Gasteiger partial charge on any atom is 0.105 e. The molecule has 0 aliphatic heterocycles. The highest BCUT2D eigenvalue weighted by molar-refractivity contribution is 4.90. The zero-order valence-electron chi connectivity index (χ0n) is 10.5. The van der Waals surface area contributed by atoms with Crippen molar-refractivity contribution < 1.29 is 0 Å². The molecule has 0 aliphatic rings. The summed E-state index contributed by atoms with van der Waals surface area (Å²) >= 11 is 0. The number of hydrogen-bond acceptors (Lipinski definition) is 2. The molecule has 3 heteroatoms. The fourth-order valence-electron chi connectivity index (χ4n) is 1.57. The lowest BCUT2D eigenvalue weighted by Gasteiger charge is -2.27. The quantitative estimate of drug-likeness (QED) is 0.806. The van der Waals surface area contributed by atoms with Gasteiger partial charge in [-0.3, -0.25) is 0 Å². The van der Waals surface area contributed by atoms with Crippen molar-refractivity contribution in [1.82, 2.24) is 14.9 Å². The lowest BCUT2D eigenvalue weighted by atomic mass is 9.93. The first-order chi connectivity index (χ1) is 6.91. The van der Waals surface area contributed by atoms with E-state index in [0.29, 0.717) is 6.04 Å². The van der Waals surface area contributed by atoms with E-state index >= 15 is 0 Å². The Morgan fingerprint density at radius 3 is 2.60 bits per heavy atom. The standard InChI is InChI=1S/C12H23N3/c1-10(2)14-8-12(4,5)9-15-7-6-13-11(15)3/h6-7,10,14H,8-9H2,1-5H3. The molecule has 0 fully saturated rings. The summed E-state index contributed by atoms with van der Waals surface area (Å²) in [6.07, 6.45) is 3.91. The molecule has 1 N–H and O–H groups in total. The Hall–Kier alpha value is -0.830. The Bertz CT molecular complexity index is 300. The highest BCUT2D eigenvalue weighted by Gasteiger charge is 2.19. The molecule has 0 aliphatic carbocycles. The molecule has 0 saturated heterocycles. The van der Waals surface area contributed by atoms with Crippen LogP contribution in [-0.2, 0) is 6.54 Å². The van der Waals surface area contributed by atoms with Crippen LogP contribution in [0.2, 0.25) is 0 Å². The lowest BCUT2D eigenvalue weighted by molar-refractivity contribution is 0.278. The smallest absolute Gasteiger partial charge is 0.105 e. The molecule has 1 heterocycles. The minimum absolute atomic E-state index is 0.260. The summed E-state index contributed by atoms with van der Waals surface area (Å²) in [6, 6.07) is 0.549. The van der Waals surface area contributed by atoms with Crippen molar-refractivity contribution in [3.63, 3.8) is 0 Å². The summed E-state index contributed by atoms with van der Waals surface area (Å²) in [4.78, 5) is 4.24. The van der Waals surface area contributed by atoms with Crippen LogP contribution in [0.1, 0.15) is 33.5 Å². The topological polar surface area (TPSA) is 29.9 Å². The van der Waals surface area contributed by atoms with Crippen molar-refractivity contribution in [1.29, 1.82) is 0 Å². The van der Waals surface area contributed by atoms with E-state index in [1.807, 2.05) is 19.3 Å². The van der Waals surface area contributed by atoms with Gasteiger partial charge in [-0.05, 0) is 12.3 Å². The molecule has 0 unspecified atom stereocenters. The summed E-state index contributed by atoms with van der Waals surface area (Å²) in [6.45, 7) is 13.0. The van der Waals surface area contributed by atoms with E-state index in [1.54, 1.807) is 0 Å². The van der Waals surface area contributed by atoms with E-state index in [1.165, 1.54) is 0 Å². The van der Waals surface area contributed by atoms with Crippen LogP contribution in [0.25, 0.3) is 0 Å². The second-order valence-electron chi connectivity index (χ2n) is 5.30. The molecular weight excluding hydrogens is 186 g/mol. The third-order valence-electron chi connectivity index (χ3n) is 2.51. The molecule has 3 nitrogen and oxygen atoms in total. The van der Waals surface area contributed by atoms with Gasteiger partial charge in [0, 0.05) is 31.5 Å². The number of aryl methyl sites for hydroxylation is 1. The van der Waals surface area contributed by atoms with E-state index < -0.39 is 0 Å². The normalized spacial score (nSPS) is 12.4. The van der Waals surface area contributed by atoms with Gasteiger partial charge in [-0.25, -0.2) is 4.98 Å². The van der Waals surface area contributed by atoms with Crippen molar-refractivity contribution in [2.75, 3.05) is 6.54 Å². The molecule has 0 radical (unpaired) electrons. The predicted molar refractivity (Wildman–Crippen MR) is 63.9 cm³/mol. The number of imidazole rings is 1. The van der Waals surface area contributed by atoms with Crippen molar-refractivity contribution in [3.8, 4) is 0 Å². The molecule has 0 spiro atoms. The average Bonchev–Trinajstić information content (AvgIpc) is 2.48. The number of aromatic nitrogens is 2. The maximum atomic E-state index is 4.24. The Kier molecular flexibility index (Phi) is 3.91.